The summed E-state index contributed by atoms with van der Waals surface area (Å²) < 4.78 is 4.61. The van der Waals surface area contributed by atoms with E-state index in [4.69, 9.17) is 10.8 Å². The van der Waals surface area contributed by atoms with E-state index in [0.29, 0.717) is 0 Å². The number of rotatable bonds is 40. The highest BCUT2D eigenvalue weighted by molar-refractivity contribution is 5.88. The van der Waals surface area contributed by atoms with Crippen LogP contribution in [0.3, 0.4) is 0 Å². The zero-order chi connectivity index (χ0) is 35.0. The van der Waals surface area contributed by atoms with E-state index in [0.717, 1.165) is 19.3 Å². The molecule has 0 radical (unpaired) electrons. The normalized spacial score (nSPS) is 12.1. The lowest BCUT2D eigenvalue weighted by Gasteiger charge is -2.07. The highest BCUT2D eigenvalue weighted by atomic mass is 16.6. The zero-order valence-corrected chi connectivity index (χ0v) is 32.4. The number of unbranched alkanes of at least 4 members (excludes halogenated alkanes) is 36. The number of carbonyl (C=O) groups excluding carboxylic acids is 2. The van der Waals surface area contributed by atoms with E-state index >= 15 is 0 Å². The van der Waals surface area contributed by atoms with Gasteiger partial charge in [-0.2, -0.15) is 0 Å². The van der Waals surface area contributed by atoms with Crippen molar-refractivity contribution in [2.45, 2.75) is 257 Å². The van der Waals surface area contributed by atoms with Crippen LogP contribution in [-0.4, -0.2) is 29.7 Å². The summed E-state index contributed by atoms with van der Waals surface area (Å²) in [6, 6.07) is -1.13. The number of esters is 2. The maximum absolute atomic E-state index is 11.6. The van der Waals surface area contributed by atoms with Crippen molar-refractivity contribution < 1.29 is 19.4 Å². The number of nitrogens with two attached hydrogens (primary N) is 1. The largest absolute Gasteiger partial charge is 0.394 e. The molecular weight excluding hydrogens is 594 g/mol. The molecule has 1 atom stereocenters. The quantitative estimate of drug-likeness (QED) is 0.0382. The fraction of sp³-hybridized carbons (Fsp3) is 0.953. The van der Waals surface area contributed by atoms with E-state index in [2.05, 4.69) is 11.7 Å². The second-order valence-corrected chi connectivity index (χ2v) is 15.1. The van der Waals surface area contributed by atoms with E-state index in [-0.39, 0.29) is 6.42 Å². The molecule has 0 heterocycles. The van der Waals surface area contributed by atoms with Crippen LogP contribution in [-0.2, 0) is 14.3 Å². The third kappa shape index (κ3) is 37.9. The smallest absolute Gasteiger partial charge is 0.332 e. The maximum atomic E-state index is 11.6. The van der Waals surface area contributed by atoms with E-state index < -0.39 is 24.6 Å². The Hall–Kier alpha value is -0.940. The van der Waals surface area contributed by atoms with Gasteiger partial charge in [0.25, 0.3) is 0 Å². The van der Waals surface area contributed by atoms with E-state index in [9.17, 15) is 9.59 Å². The standard InChI is InChI=1S/C43H85NO4/c1-2-3-4-5-6-7-8-9-10-11-12-13-14-15-16-17-18-19-20-21-22-23-24-25-26-27-28-29-30-31-32-33-34-35-36-37-38-39-42(46)48-43(47)41(44)40-45/h41,45H,2-40,44H2,1H3/t41-/m0/s1. The molecule has 0 rings (SSSR count). The van der Waals surface area contributed by atoms with Crippen molar-refractivity contribution in [3.8, 4) is 0 Å². The highest BCUT2D eigenvalue weighted by Crippen LogP contribution is 2.17. The molecule has 0 aliphatic carbocycles. The molecule has 3 N–H and O–H groups in total. The Morgan fingerprint density at radius 1 is 0.417 bits per heavy atom. The Balaban J connectivity index is 3.12. The van der Waals surface area contributed by atoms with Crippen LogP contribution < -0.4 is 5.73 Å². The van der Waals surface area contributed by atoms with Crippen molar-refractivity contribution in [3.05, 3.63) is 0 Å². The summed E-state index contributed by atoms with van der Waals surface area (Å²) >= 11 is 0. The van der Waals surface area contributed by atoms with E-state index in [1.165, 1.54) is 218 Å². The van der Waals surface area contributed by atoms with Gasteiger partial charge in [0.15, 0.2) is 0 Å². The maximum Gasteiger partial charge on any atom is 0.332 e. The first-order chi connectivity index (χ1) is 23.6. The van der Waals surface area contributed by atoms with Gasteiger partial charge in [0, 0.05) is 6.42 Å². The van der Waals surface area contributed by atoms with Crippen LogP contribution in [0.2, 0.25) is 0 Å². The molecule has 0 aromatic rings. The molecule has 5 nitrogen and oxygen atoms in total. The average Bonchev–Trinajstić information content (AvgIpc) is 3.09. The Morgan fingerprint density at radius 3 is 0.833 bits per heavy atom. The number of aliphatic hydroxyl groups is 1. The predicted octanol–water partition coefficient (Wildman–Crippen LogP) is 13.2. The molecule has 0 aliphatic rings. The van der Waals surface area contributed by atoms with Gasteiger partial charge in [0.1, 0.15) is 6.04 Å². The fourth-order valence-corrected chi connectivity index (χ4v) is 6.84. The van der Waals surface area contributed by atoms with Gasteiger partial charge in [-0.25, -0.2) is 4.79 Å². The van der Waals surface area contributed by atoms with E-state index in [1.807, 2.05) is 0 Å². The minimum atomic E-state index is -1.13. The SMILES string of the molecule is CCCCCCCCCCCCCCCCCCCCCCCCCCCCCCCCCCCCCCCC(=O)OC(=O)[C@@H](N)CO. The van der Waals surface area contributed by atoms with Crippen LogP contribution in [0.25, 0.3) is 0 Å². The van der Waals surface area contributed by atoms with Crippen molar-refractivity contribution in [3.63, 3.8) is 0 Å². The van der Waals surface area contributed by atoms with Crippen LogP contribution in [0.4, 0.5) is 0 Å². The first kappa shape index (κ1) is 47.1. The first-order valence-corrected chi connectivity index (χ1v) is 21.7. The summed E-state index contributed by atoms with van der Waals surface area (Å²) in [5.74, 6) is -1.38. The summed E-state index contributed by atoms with van der Waals surface area (Å²) in [7, 11) is 0. The Morgan fingerprint density at radius 2 is 0.625 bits per heavy atom. The molecule has 0 bridgehead atoms. The Bertz CT molecular complexity index is 655. The molecule has 286 valence electrons. The Kier molecular flexibility index (Phi) is 39.7. The summed E-state index contributed by atoms with van der Waals surface area (Å²) in [5.41, 5.74) is 5.33. The molecule has 0 unspecified atom stereocenters. The van der Waals surface area contributed by atoms with Gasteiger partial charge in [0.05, 0.1) is 6.61 Å². The van der Waals surface area contributed by atoms with Gasteiger partial charge in [0.2, 0.25) is 0 Å². The highest BCUT2D eigenvalue weighted by Gasteiger charge is 2.17. The minimum absolute atomic E-state index is 0.240. The average molecular weight is 680 g/mol. The van der Waals surface area contributed by atoms with E-state index in [1.54, 1.807) is 0 Å². The summed E-state index contributed by atoms with van der Waals surface area (Å²) in [5, 5.41) is 8.79. The van der Waals surface area contributed by atoms with Gasteiger partial charge >= 0.3 is 11.9 Å². The number of aliphatic hydroxyl groups excluding tert-OH is 1. The van der Waals surface area contributed by atoms with Crippen LogP contribution in [0.15, 0.2) is 0 Å². The molecule has 48 heavy (non-hydrogen) atoms. The van der Waals surface area contributed by atoms with Crippen molar-refractivity contribution in [1.82, 2.24) is 0 Å². The summed E-state index contributed by atoms with van der Waals surface area (Å²) in [4.78, 5) is 22.9. The van der Waals surface area contributed by atoms with Crippen LogP contribution >= 0.6 is 0 Å². The lowest BCUT2D eigenvalue weighted by molar-refractivity contribution is -0.161. The summed E-state index contributed by atoms with van der Waals surface area (Å²) in [6.45, 7) is 1.79. The molecule has 0 spiro atoms. The lowest BCUT2D eigenvalue weighted by Crippen LogP contribution is -2.36. The molecule has 0 fully saturated rings. The second kappa shape index (κ2) is 40.5. The first-order valence-electron chi connectivity index (χ1n) is 21.7. The predicted molar refractivity (Wildman–Crippen MR) is 207 cm³/mol. The van der Waals surface area contributed by atoms with Crippen molar-refractivity contribution in [2.75, 3.05) is 6.61 Å². The van der Waals surface area contributed by atoms with Crippen LogP contribution in [0, 0.1) is 0 Å². The van der Waals surface area contributed by atoms with Crippen molar-refractivity contribution >= 4 is 11.9 Å². The molecular formula is C43H85NO4. The topological polar surface area (TPSA) is 89.6 Å². The third-order valence-corrected chi connectivity index (χ3v) is 10.2. The zero-order valence-electron chi connectivity index (χ0n) is 32.4. The molecule has 0 aliphatic heterocycles. The molecule has 0 saturated carbocycles. The third-order valence-electron chi connectivity index (χ3n) is 10.2. The minimum Gasteiger partial charge on any atom is -0.394 e. The van der Waals surface area contributed by atoms with Crippen molar-refractivity contribution in [1.29, 1.82) is 0 Å². The molecule has 0 saturated heterocycles. The monoisotopic (exact) mass is 680 g/mol. The molecule has 0 amide bonds. The Labute approximate surface area is 300 Å². The number of hydrogen-bond donors (Lipinski definition) is 2. The van der Waals surface area contributed by atoms with Crippen molar-refractivity contribution in [2.24, 2.45) is 5.73 Å². The number of carbonyl (C=O) groups is 2. The van der Waals surface area contributed by atoms with Gasteiger partial charge in [-0.3, -0.25) is 4.79 Å². The lowest BCUT2D eigenvalue weighted by atomic mass is 10.0. The van der Waals surface area contributed by atoms with Gasteiger partial charge in [-0.1, -0.05) is 238 Å². The van der Waals surface area contributed by atoms with Gasteiger partial charge in [-0.05, 0) is 6.42 Å². The molecule has 0 aromatic heterocycles. The van der Waals surface area contributed by atoms with Gasteiger partial charge < -0.3 is 15.6 Å². The molecule has 5 heteroatoms. The number of ether oxygens (including phenoxy) is 1. The summed E-state index contributed by atoms with van der Waals surface area (Å²) in [6.07, 6.45) is 51.7. The number of hydrogen-bond acceptors (Lipinski definition) is 5. The van der Waals surface area contributed by atoms with Crippen LogP contribution in [0.1, 0.15) is 251 Å². The second-order valence-electron chi connectivity index (χ2n) is 15.1. The van der Waals surface area contributed by atoms with Gasteiger partial charge in [-0.15, -0.1) is 0 Å². The fourth-order valence-electron chi connectivity index (χ4n) is 6.84. The van der Waals surface area contributed by atoms with Crippen LogP contribution in [0.5, 0.6) is 0 Å². The molecule has 0 aromatic carbocycles.